The van der Waals surface area contributed by atoms with Gasteiger partial charge in [0.15, 0.2) is 5.82 Å². The van der Waals surface area contributed by atoms with Gasteiger partial charge < -0.3 is 10.6 Å². The molecule has 22 heavy (non-hydrogen) atoms. The predicted octanol–water partition coefficient (Wildman–Crippen LogP) is 1.31. The molecule has 7 nitrogen and oxygen atoms in total. The third kappa shape index (κ3) is 2.38. The number of nitrogens with two attached hydrogens (primary N) is 1. The molecule has 3 rings (SSSR count). The van der Waals surface area contributed by atoms with E-state index in [-0.39, 0.29) is 5.91 Å². The van der Waals surface area contributed by atoms with Crippen LogP contribution < -0.4 is 5.73 Å². The highest BCUT2D eigenvalue weighted by atomic mass is 16.2. The number of aryl methyl sites for hydroxylation is 1. The minimum atomic E-state index is -0.575. The molecule has 1 aliphatic heterocycles. The van der Waals surface area contributed by atoms with E-state index < -0.39 is 5.54 Å². The first kappa shape index (κ1) is 14.4. The van der Waals surface area contributed by atoms with Gasteiger partial charge in [-0.05, 0) is 26.7 Å². The standard InChI is InChI=1S/C15H18N6O/c1-10-8-12(16)20-14(19-10)15(2)4-3-7-21(15)13(22)11-9-17-5-6-18-11/h5-6,8-9H,3-4,7H2,1-2H3,(H2,16,19,20)/t15-/m1/s1. The molecule has 2 N–H and O–H groups in total. The maximum absolute atomic E-state index is 12.7. The fraction of sp³-hybridized carbons (Fsp3) is 0.400. The van der Waals surface area contributed by atoms with Gasteiger partial charge in [0.1, 0.15) is 17.1 Å². The van der Waals surface area contributed by atoms with Gasteiger partial charge in [-0.1, -0.05) is 0 Å². The average molecular weight is 298 g/mol. The van der Waals surface area contributed by atoms with Gasteiger partial charge in [0.2, 0.25) is 0 Å². The van der Waals surface area contributed by atoms with Gasteiger partial charge in [-0.15, -0.1) is 0 Å². The third-order valence-corrected chi connectivity index (χ3v) is 4.02. The van der Waals surface area contributed by atoms with Crippen LogP contribution in [0.5, 0.6) is 0 Å². The number of aromatic nitrogens is 4. The molecule has 1 saturated heterocycles. The van der Waals surface area contributed by atoms with Gasteiger partial charge in [-0.2, -0.15) is 0 Å². The monoisotopic (exact) mass is 298 g/mol. The molecule has 1 aliphatic rings. The summed E-state index contributed by atoms with van der Waals surface area (Å²) in [4.78, 5) is 31.4. The van der Waals surface area contributed by atoms with Gasteiger partial charge >= 0.3 is 0 Å². The van der Waals surface area contributed by atoms with Crippen LogP contribution in [0.1, 0.15) is 41.8 Å². The molecule has 3 heterocycles. The van der Waals surface area contributed by atoms with Gasteiger partial charge in [0.25, 0.3) is 5.91 Å². The number of hydrogen-bond donors (Lipinski definition) is 1. The highest BCUT2D eigenvalue weighted by Crippen LogP contribution is 2.37. The number of nitrogens with zero attached hydrogens (tertiary/aromatic N) is 5. The SMILES string of the molecule is Cc1cc(N)nc([C@@]2(C)CCCN2C(=O)c2cnccn2)n1. The summed E-state index contributed by atoms with van der Waals surface area (Å²) in [6, 6.07) is 1.72. The lowest BCUT2D eigenvalue weighted by Gasteiger charge is -2.33. The third-order valence-electron chi connectivity index (χ3n) is 4.02. The van der Waals surface area contributed by atoms with E-state index in [9.17, 15) is 4.79 Å². The van der Waals surface area contributed by atoms with E-state index in [1.165, 1.54) is 12.4 Å². The van der Waals surface area contributed by atoms with Crippen molar-refractivity contribution in [3.05, 3.63) is 41.9 Å². The van der Waals surface area contributed by atoms with Crippen LogP contribution in [0.25, 0.3) is 0 Å². The number of carbonyl (C=O) groups is 1. The molecule has 0 aliphatic carbocycles. The van der Waals surface area contributed by atoms with Crippen molar-refractivity contribution in [2.24, 2.45) is 0 Å². The molecule has 1 fully saturated rings. The topological polar surface area (TPSA) is 97.9 Å². The molecule has 0 bridgehead atoms. The number of likely N-dealkylation sites (tertiary alicyclic amines) is 1. The van der Waals surface area contributed by atoms with Crippen molar-refractivity contribution in [1.29, 1.82) is 0 Å². The van der Waals surface area contributed by atoms with Crippen LogP contribution in [-0.2, 0) is 5.54 Å². The molecule has 2 aromatic rings. The maximum Gasteiger partial charge on any atom is 0.274 e. The summed E-state index contributed by atoms with van der Waals surface area (Å²) >= 11 is 0. The van der Waals surface area contributed by atoms with Crippen molar-refractivity contribution in [1.82, 2.24) is 24.8 Å². The van der Waals surface area contributed by atoms with Crippen molar-refractivity contribution < 1.29 is 4.79 Å². The Labute approximate surface area is 128 Å². The summed E-state index contributed by atoms with van der Waals surface area (Å²) in [5, 5.41) is 0. The Balaban J connectivity index is 2.00. The van der Waals surface area contributed by atoms with E-state index in [1.54, 1.807) is 17.2 Å². The number of anilines is 1. The molecular weight excluding hydrogens is 280 g/mol. The fourth-order valence-corrected chi connectivity index (χ4v) is 2.90. The number of rotatable bonds is 2. The first-order valence-corrected chi connectivity index (χ1v) is 7.20. The highest BCUT2D eigenvalue weighted by Gasteiger charge is 2.44. The zero-order valence-corrected chi connectivity index (χ0v) is 12.7. The van der Waals surface area contributed by atoms with E-state index in [2.05, 4.69) is 19.9 Å². The van der Waals surface area contributed by atoms with E-state index >= 15 is 0 Å². The Morgan fingerprint density at radius 2 is 2.18 bits per heavy atom. The second-order valence-electron chi connectivity index (χ2n) is 5.68. The Kier molecular flexibility index (Phi) is 3.48. The molecule has 0 unspecified atom stereocenters. The molecule has 7 heteroatoms. The van der Waals surface area contributed by atoms with E-state index in [1.807, 2.05) is 13.8 Å². The first-order valence-electron chi connectivity index (χ1n) is 7.20. The van der Waals surface area contributed by atoms with Crippen LogP contribution in [0.2, 0.25) is 0 Å². The minimum Gasteiger partial charge on any atom is -0.384 e. The zero-order valence-electron chi connectivity index (χ0n) is 12.7. The zero-order chi connectivity index (χ0) is 15.7. The summed E-state index contributed by atoms with van der Waals surface area (Å²) in [5.74, 6) is 0.846. The largest absolute Gasteiger partial charge is 0.384 e. The molecule has 2 aromatic heterocycles. The second-order valence-corrected chi connectivity index (χ2v) is 5.68. The number of carbonyl (C=O) groups excluding carboxylic acids is 1. The lowest BCUT2D eigenvalue weighted by Crippen LogP contribution is -2.44. The Hall–Kier alpha value is -2.57. The Morgan fingerprint density at radius 1 is 1.36 bits per heavy atom. The van der Waals surface area contributed by atoms with Gasteiger partial charge in [0, 0.05) is 30.7 Å². The molecule has 114 valence electrons. The van der Waals surface area contributed by atoms with Crippen LogP contribution in [0.3, 0.4) is 0 Å². The van der Waals surface area contributed by atoms with Gasteiger partial charge in [0.05, 0.1) is 6.20 Å². The van der Waals surface area contributed by atoms with Crippen LogP contribution in [0.15, 0.2) is 24.7 Å². The van der Waals surface area contributed by atoms with Crippen LogP contribution >= 0.6 is 0 Å². The molecular formula is C15H18N6O. The van der Waals surface area contributed by atoms with Crippen molar-refractivity contribution in [2.75, 3.05) is 12.3 Å². The molecule has 0 aromatic carbocycles. The van der Waals surface area contributed by atoms with Crippen LogP contribution in [0, 0.1) is 6.92 Å². The van der Waals surface area contributed by atoms with Crippen molar-refractivity contribution >= 4 is 11.7 Å². The number of amides is 1. The Morgan fingerprint density at radius 3 is 2.86 bits per heavy atom. The lowest BCUT2D eigenvalue weighted by atomic mass is 9.97. The Bertz CT molecular complexity index is 684. The van der Waals surface area contributed by atoms with Crippen LogP contribution in [-0.4, -0.2) is 37.3 Å². The lowest BCUT2D eigenvalue weighted by molar-refractivity contribution is 0.0597. The second kappa shape index (κ2) is 5.32. The summed E-state index contributed by atoms with van der Waals surface area (Å²) < 4.78 is 0. The summed E-state index contributed by atoms with van der Waals surface area (Å²) in [7, 11) is 0. The van der Waals surface area contributed by atoms with Gasteiger partial charge in [-0.25, -0.2) is 15.0 Å². The number of hydrogen-bond acceptors (Lipinski definition) is 6. The quantitative estimate of drug-likeness (QED) is 0.897. The predicted molar refractivity (Wildman–Crippen MR) is 80.8 cm³/mol. The average Bonchev–Trinajstić information content (AvgIpc) is 2.90. The molecule has 0 spiro atoms. The van der Waals surface area contributed by atoms with Crippen LogP contribution in [0.4, 0.5) is 5.82 Å². The summed E-state index contributed by atoms with van der Waals surface area (Å²) in [6.45, 7) is 4.49. The summed E-state index contributed by atoms with van der Waals surface area (Å²) in [6.07, 6.45) is 6.22. The normalized spacial score (nSPS) is 21.1. The molecule has 0 radical (unpaired) electrons. The van der Waals surface area contributed by atoms with E-state index in [4.69, 9.17) is 5.73 Å². The fourth-order valence-electron chi connectivity index (χ4n) is 2.90. The number of nitrogen functional groups attached to an aromatic ring is 1. The molecule has 1 atom stereocenters. The van der Waals surface area contributed by atoms with Gasteiger partial charge in [-0.3, -0.25) is 9.78 Å². The van der Waals surface area contributed by atoms with E-state index in [0.717, 1.165) is 18.5 Å². The van der Waals surface area contributed by atoms with Crippen molar-refractivity contribution in [3.8, 4) is 0 Å². The smallest absolute Gasteiger partial charge is 0.274 e. The van der Waals surface area contributed by atoms with Crippen molar-refractivity contribution in [2.45, 2.75) is 32.2 Å². The maximum atomic E-state index is 12.7. The van der Waals surface area contributed by atoms with E-state index in [0.29, 0.717) is 23.9 Å². The molecule has 0 saturated carbocycles. The first-order chi connectivity index (χ1) is 10.5. The summed E-state index contributed by atoms with van der Waals surface area (Å²) in [5.41, 5.74) is 6.39. The molecule has 1 amide bonds. The van der Waals surface area contributed by atoms with Crippen molar-refractivity contribution in [3.63, 3.8) is 0 Å². The minimum absolute atomic E-state index is 0.156. The highest BCUT2D eigenvalue weighted by molar-refractivity contribution is 5.92.